The molecule has 188 valence electrons. The Kier molecular flexibility index (Phi) is 14.2. The van der Waals surface area contributed by atoms with E-state index in [1.807, 2.05) is 38.1 Å². The SMILES string of the molecule is CCCC(CCC)CN(CCOc1ccc(CC(OCC)C(=O)O)cc1)C(=O)OCC(C)C. The monoisotopic (exact) mass is 465 g/mol. The molecule has 0 saturated carbocycles. The van der Waals surface area contributed by atoms with Crippen LogP contribution in [0.3, 0.4) is 0 Å². The van der Waals surface area contributed by atoms with Crippen LogP contribution in [0.4, 0.5) is 4.79 Å². The van der Waals surface area contributed by atoms with Crippen LogP contribution in [0.5, 0.6) is 5.75 Å². The Morgan fingerprint density at radius 1 is 1.03 bits per heavy atom. The van der Waals surface area contributed by atoms with Crippen molar-refractivity contribution < 1.29 is 28.9 Å². The first-order chi connectivity index (χ1) is 15.8. The van der Waals surface area contributed by atoms with Gasteiger partial charge in [0.2, 0.25) is 0 Å². The van der Waals surface area contributed by atoms with Crippen LogP contribution in [0, 0.1) is 11.8 Å². The Bertz CT molecular complexity index is 670. The van der Waals surface area contributed by atoms with Crippen LogP contribution < -0.4 is 4.74 Å². The van der Waals surface area contributed by atoms with E-state index in [4.69, 9.17) is 14.2 Å². The Morgan fingerprint density at radius 3 is 2.18 bits per heavy atom. The number of ether oxygens (including phenoxy) is 3. The molecule has 0 aromatic heterocycles. The summed E-state index contributed by atoms with van der Waals surface area (Å²) in [5, 5.41) is 9.24. The van der Waals surface area contributed by atoms with Crippen LogP contribution in [0.25, 0.3) is 0 Å². The Labute approximate surface area is 199 Å². The van der Waals surface area contributed by atoms with Crippen molar-refractivity contribution in [3.8, 4) is 5.75 Å². The third kappa shape index (κ3) is 11.9. The molecule has 1 N–H and O–H groups in total. The summed E-state index contributed by atoms with van der Waals surface area (Å²) in [6.45, 7) is 12.4. The summed E-state index contributed by atoms with van der Waals surface area (Å²) in [6, 6.07) is 7.33. The van der Waals surface area contributed by atoms with E-state index >= 15 is 0 Å². The highest BCUT2D eigenvalue weighted by atomic mass is 16.6. The summed E-state index contributed by atoms with van der Waals surface area (Å²) < 4.78 is 16.6. The number of rotatable bonds is 17. The van der Waals surface area contributed by atoms with Crippen molar-refractivity contribution in [2.45, 2.75) is 72.8 Å². The van der Waals surface area contributed by atoms with Gasteiger partial charge in [-0.1, -0.05) is 52.7 Å². The third-order valence-corrected chi connectivity index (χ3v) is 5.29. The normalized spacial score (nSPS) is 12.1. The Balaban J connectivity index is 2.68. The fourth-order valence-corrected chi connectivity index (χ4v) is 3.67. The molecule has 1 amide bonds. The minimum absolute atomic E-state index is 0.282. The summed E-state index contributed by atoms with van der Waals surface area (Å²) in [7, 11) is 0. The topological polar surface area (TPSA) is 85.3 Å². The van der Waals surface area contributed by atoms with E-state index in [1.54, 1.807) is 11.8 Å². The van der Waals surface area contributed by atoms with Gasteiger partial charge >= 0.3 is 12.1 Å². The molecule has 33 heavy (non-hydrogen) atoms. The van der Waals surface area contributed by atoms with Crippen LogP contribution >= 0.6 is 0 Å². The molecule has 0 saturated heterocycles. The number of carboxylic acid groups (broad SMARTS) is 1. The highest BCUT2D eigenvalue weighted by Gasteiger charge is 2.20. The number of aliphatic carboxylic acids is 1. The molecule has 0 radical (unpaired) electrons. The second kappa shape index (κ2) is 16.4. The second-order valence-corrected chi connectivity index (χ2v) is 8.84. The van der Waals surface area contributed by atoms with Gasteiger partial charge in [0.25, 0.3) is 0 Å². The summed E-state index contributed by atoms with van der Waals surface area (Å²) in [6.07, 6.45) is 3.52. The minimum Gasteiger partial charge on any atom is -0.492 e. The van der Waals surface area contributed by atoms with Crippen molar-refractivity contribution in [3.63, 3.8) is 0 Å². The second-order valence-electron chi connectivity index (χ2n) is 8.84. The van der Waals surface area contributed by atoms with Gasteiger partial charge in [-0.05, 0) is 49.3 Å². The van der Waals surface area contributed by atoms with Gasteiger partial charge in [0, 0.05) is 19.6 Å². The number of carbonyl (C=O) groups excluding carboxylic acids is 1. The van der Waals surface area contributed by atoms with E-state index in [-0.39, 0.29) is 12.0 Å². The molecule has 1 aromatic carbocycles. The number of nitrogens with zero attached hydrogens (tertiary/aromatic N) is 1. The van der Waals surface area contributed by atoms with E-state index in [1.165, 1.54) is 0 Å². The third-order valence-electron chi connectivity index (χ3n) is 5.29. The molecule has 0 aliphatic heterocycles. The zero-order valence-electron chi connectivity index (χ0n) is 21.0. The summed E-state index contributed by atoms with van der Waals surface area (Å²) in [5.41, 5.74) is 0.865. The first-order valence-corrected chi connectivity index (χ1v) is 12.3. The molecule has 1 unspecified atom stereocenters. The quantitative estimate of drug-likeness (QED) is 0.331. The van der Waals surface area contributed by atoms with Crippen molar-refractivity contribution in [2.75, 3.05) is 32.9 Å². The lowest BCUT2D eigenvalue weighted by molar-refractivity contribution is -0.149. The molecule has 1 aromatic rings. The Hall–Kier alpha value is -2.28. The number of amides is 1. The van der Waals surface area contributed by atoms with E-state index in [0.717, 1.165) is 31.2 Å². The van der Waals surface area contributed by atoms with Gasteiger partial charge < -0.3 is 24.2 Å². The molecule has 1 atom stereocenters. The number of carbonyl (C=O) groups is 2. The van der Waals surface area contributed by atoms with Crippen molar-refractivity contribution in [2.24, 2.45) is 11.8 Å². The molecular weight excluding hydrogens is 422 g/mol. The molecule has 0 aliphatic rings. The van der Waals surface area contributed by atoms with Crippen LogP contribution in [0.1, 0.15) is 65.9 Å². The predicted molar refractivity (Wildman–Crippen MR) is 130 cm³/mol. The van der Waals surface area contributed by atoms with Crippen molar-refractivity contribution >= 4 is 12.1 Å². The van der Waals surface area contributed by atoms with Crippen LogP contribution in [0.15, 0.2) is 24.3 Å². The zero-order chi connectivity index (χ0) is 24.6. The first-order valence-electron chi connectivity index (χ1n) is 12.3. The lowest BCUT2D eigenvalue weighted by Crippen LogP contribution is -2.39. The average molecular weight is 466 g/mol. The molecule has 0 aliphatic carbocycles. The molecule has 0 fully saturated rings. The van der Waals surface area contributed by atoms with Gasteiger partial charge in [-0.25, -0.2) is 9.59 Å². The van der Waals surface area contributed by atoms with Crippen LogP contribution in [-0.4, -0.2) is 61.1 Å². The van der Waals surface area contributed by atoms with E-state index < -0.39 is 12.1 Å². The number of hydrogen-bond acceptors (Lipinski definition) is 5. The number of hydrogen-bond donors (Lipinski definition) is 1. The highest BCUT2D eigenvalue weighted by Crippen LogP contribution is 2.17. The smallest absolute Gasteiger partial charge is 0.409 e. The van der Waals surface area contributed by atoms with Gasteiger partial charge in [0.1, 0.15) is 12.4 Å². The molecule has 0 spiro atoms. The van der Waals surface area contributed by atoms with E-state index in [9.17, 15) is 14.7 Å². The molecule has 7 nitrogen and oxygen atoms in total. The molecular formula is C26H43NO6. The van der Waals surface area contributed by atoms with Gasteiger partial charge in [-0.15, -0.1) is 0 Å². The van der Waals surface area contributed by atoms with Crippen molar-refractivity contribution in [1.82, 2.24) is 4.90 Å². The van der Waals surface area contributed by atoms with Crippen molar-refractivity contribution in [1.29, 1.82) is 0 Å². The maximum Gasteiger partial charge on any atom is 0.409 e. The van der Waals surface area contributed by atoms with Gasteiger partial charge in [-0.3, -0.25) is 0 Å². The summed E-state index contributed by atoms with van der Waals surface area (Å²) in [5.74, 6) is 0.455. The largest absolute Gasteiger partial charge is 0.492 e. The van der Waals surface area contributed by atoms with Crippen LogP contribution in [0.2, 0.25) is 0 Å². The van der Waals surface area contributed by atoms with Gasteiger partial charge in [-0.2, -0.15) is 0 Å². The van der Waals surface area contributed by atoms with Gasteiger partial charge in [0.05, 0.1) is 13.2 Å². The standard InChI is InChI=1S/C26H43NO6/c1-6-9-22(10-7-2)18-27(26(30)33-19-20(4)5)15-16-32-23-13-11-21(12-14-23)17-24(25(28)29)31-8-3/h11-14,20,22,24H,6-10,15-19H2,1-5H3,(H,28,29). The number of benzene rings is 1. The maximum atomic E-state index is 12.7. The number of carboxylic acids is 1. The van der Waals surface area contributed by atoms with Gasteiger partial charge in [0.15, 0.2) is 6.10 Å². The summed E-state index contributed by atoms with van der Waals surface area (Å²) in [4.78, 5) is 25.7. The predicted octanol–water partition coefficient (Wildman–Crippen LogP) is 5.41. The van der Waals surface area contributed by atoms with E-state index in [0.29, 0.717) is 51.0 Å². The Morgan fingerprint density at radius 2 is 1.67 bits per heavy atom. The van der Waals surface area contributed by atoms with E-state index in [2.05, 4.69) is 13.8 Å². The molecule has 0 bridgehead atoms. The average Bonchev–Trinajstić information content (AvgIpc) is 2.77. The lowest BCUT2D eigenvalue weighted by Gasteiger charge is -2.27. The molecule has 0 heterocycles. The minimum atomic E-state index is -0.967. The first kappa shape index (κ1) is 28.8. The zero-order valence-corrected chi connectivity index (χ0v) is 21.0. The van der Waals surface area contributed by atoms with Crippen LogP contribution in [-0.2, 0) is 20.7 Å². The lowest BCUT2D eigenvalue weighted by atomic mass is 9.98. The molecule has 7 heteroatoms. The fourth-order valence-electron chi connectivity index (χ4n) is 3.67. The van der Waals surface area contributed by atoms with Crippen molar-refractivity contribution in [3.05, 3.63) is 29.8 Å². The summed E-state index contributed by atoms with van der Waals surface area (Å²) >= 11 is 0. The maximum absolute atomic E-state index is 12.7. The fraction of sp³-hybridized carbons (Fsp3) is 0.692. The highest BCUT2D eigenvalue weighted by molar-refractivity contribution is 5.72. The molecule has 1 rings (SSSR count).